The van der Waals surface area contributed by atoms with Crippen LogP contribution in [0.1, 0.15) is 41.5 Å². The highest BCUT2D eigenvalue weighted by Gasteiger charge is 2.32. The monoisotopic (exact) mass is 284 g/mol. The Balaban J connectivity index is 2.50. The molecule has 0 aromatic rings. The number of carbonyl (C=O) groups excluding carboxylic acids is 1. The lowest BCUT2D eigenvalue weighted by atomic mass is 10.1. The molecule has 0 N–H and O–H groups in total. The Hall–Kier alpha value is -0.770. The minimum absolute atomic E-state index is 0.0266. The van der Waals surface area contributed by atoms with Crippen molar-refractivity contribution < 1.29 is 9.53 Å². The Kier molecular flexibility index (Phi) is 6.80. The molecule has 0 saturated carbocycles. The molecule has 1 rings (SSSR count). The molecule has 1 fully saturated rings. The van der Waals surface area contributed by atoms with Crippen molar-refractivity contribution in [3.8, 4) is 0 Å². The molecule has 1 saturated heterocycles. The Morgan fingerprint density at radius 2 is 1.65 bits per heavy atom. The van der Waals surface area contributed by atoms with E-state index in [9.17, 15) is 4.79 Å². The molecule has 0 spiro atoms. The number of hydrogen-bond acceptors (Lipinski definition) is 3. The molecule has 4 nitrogen and oxygen atoms in total. The molecule has 1 heterocycles. The molecule has 0 aromatic heterocycles. The molecule has 1 unspecified atom stereocenters. The van der Waals surface area contributed by atoms with Crippen molar-refractivity contribution >= 4 is 6.09 Å². The Labute approximate surface area is 124 Å². The third-order valence-electron chi connectivity index (χ3n) is 3.24. The second-order valence-corrected chi connectivity index (χ2v) is 7.31. The highest BCUT2D eigenvalue weighted by atomic mass is 16.6. The molecule has 118 valence electrons. The molecule has 0 aliphatic carbocycles. The van der Waals surface area contributed by atoms with E-state index in [1.54, 1.807) is 0 Å². The van der Waals surface area contributed by atoms with Crippen LogP contribution in [0.15, 0.2) is 0 Å². The van der Waals surface area contributed by atoms with Gasteiger partial charge >= 0.3 is 6.09 Å². The fourth-order valence-electron chi connectivity index (χ4n) is 2.80. The molecule has 20 heavy (non-hydrogen) atoms. The van der Waals surface area contributed by atoms with Crippen molar-refractivity contribution in [1.82, 2.24) is 9.80 Å². The SMILES string of the molecule is CC(C)CN(CC(C)C)CC1CN(CC(C)C)C(=O)O1. The molecule has 0 radical (unpaired) electrons. The van der Waals surface area contributed by atoms with Crippen LogP contribution in [0.2, 0.25) is 0 Å². The van der Waals surface area contributed by atoms with Gasteiger partial charge in [0, 0.05) is 26.2 Å². The van der Waals surface area contributed by atoms with Gasteiger partial charge in [0.1, 0.15) is 6.10 Å². The van der Waals surface area contributed by atoms with Gasteiger partial charge in [0.25, 0.3) is 0 Å². The van der Waals surface area contributed by atoms with E-state index < -0.39 is 0 Å². The number of ether oxygens (including phenoxy) is 1. The quantitative estimate of drug-likeness (QED) is 0.686. The maximum Gasteiger partial charge on any atom is 0.410 e. The number of amides is 1. The van der Waals surface area contributed by atoms with Gasteiger partial charge in [0.2, 0.25) is 0 Å². The topological polar surface area (TPSA) is 32.8 Å². The molecule has 0 aromatic carbocycles. The zero-order valence-corrected chi connectivity index (χ0v) is 14.1. The van der Waals surface area contributed by atoms with Gasteiger partial charge in [-0.2, -0.15) is 0 Å². The standard InChI is InChI=1S/C16H32N2O2/c1-12(2)7-17(8-13(3)4)10-15-11-18(9-14(5)6)16(19)20-15/h12-15H,7-11H2,1-6H3. The summed E-state index contributed by atoms with van der Waals surface area (Å²) in [5, 5.41) is 0. The summed E-state index contributed by atoms with van der Waals surface area (Å²) in [7, 11) is 0. The van der Waals surface area contributed by atoms with Crippen LogP contribution in [-0.2, 0) is 4.74 Å². The zero-order chi connectivity index (χ0) is 15.3. The van der Waals surface area contributed by atoms with Gasteiger partial charge in [-0.05, 0) is 17.8 Å². The molecule has 0 bridgehead atoms. The number of carbonyl (C=O) groups is 1. The summed E-state index contributed by atoms with van der Waals surface area (Å²) in [5.41, 5.74) is 0. The van der Waals surface area contributed by atoms with Gasteiger partial charge in [-0.1, -0.05) is 41.5 Å². The van der Waals surface area contributed by atoms with Gasteiger partial charge < -0.3 is 9.64 Å². The van der Waals surface area contributed by atoms with E-state index in [1.807, 2.05) is 4.90 Å². The predicted molar refractivity (Wildman–Crippen MR) is 82.8 cm³/mol. The third kappa shape index (κ3) is 6.12. The lowest BCUT2D eigenvalue weighted by molar-refractivity contribution is 0.0970. The van der Waals surface area contributed by atoms with Crippen LogP contribution in [0, 0.1) is 17.8 Å². The Morgan fingerprint density at radius 1 is 1.10 bits per heavy atom. The second kappa shape index (κ2) is 7.87. The average Bonchev–Trinajstić information content (AvgIpc) is 2.55. The summed E-state index contributed by atoms with van der Waals surface area (Å²) in [6.45, 7) is 17.7. The van der Waals surface area contributed by atoms with Crippen LogP contribution in [0.3, 0.4) is 0 Å². The van der Waals surface area contributed by atoms with Crippen LogP contribution in [0.4, 0.5) is 4.79 Å². The van der Waals surface area contributed by atoms with E-state index in [0.717, 1.165) is 32.7 Å². The first-order valence-corrected chi connectivity index (χ1v) is 7.95. The van der Waals surface area contributed by atoms with Crippen molar-refractivity contribution in [2.45, 2.75) is 47.6 Å². The lowest BCUT2D eigenvalue weighted by Crippen LogP contribution is -2.39. The summed E-state index contributed by atoms with van der Waals surface area (Å²) < 4.78 is 5.51. The molecule has 4 heteroatoms. The van der Waals surface area contributed by atoms with E-state index in [0.29, 0.717) is 17.8 Å². The largest absolute Gasteiger partial charge is 0.443 e. The van der Waals surface area contributed by atoms with Crippen molar-refractivity contribution in [3.05, 3.63) is 0 Å². The van der Waals surface area contributed by atoms with E-state index in [4.69, 9.17) is 4.74 Å². The van der Waals surface area contributed by atoms with Crippen molar-refractivity contribution in [1.29, 1.82) is 0 Å². The van der Waals surface area contributed by atoms with Gasteiger partial charge in [0.15, 0.2) is 0 Å². The highest BCUT2D eigenvalue weighted by Crippen LogP contribution is 2.15. The minimum Gasteiger partial charge on any atom is -0.443 e. The van der Waals surface area contributed by atoms with E-state index in [1.165, 1.54) is 0 Å². The molecule has 1 amide bonds. The number of rotatable bonds is 8. The third-order valence-corrected chi connectivity index (χ3v) is 3.24. The van der Waals surface area contributed by atoms with E-state index >= 15 is 0 Å². The van der Waals surface area contributed by atoms with E-state index in [-0.39, 0.29) is 12.2 Å². The number of nitrogens with zero attached hydrogens (tertiary/aromatic N) is 2. The average molecular weight is 284 g/mol. The number of hydrogen-bond donors (Lipinski definition) is 0. The van der Waals surface area contributed by atoms with Crippen molar-refractivity contribution in [3.63, 3.8) is 0 Å². The fourth-order valence-corrected chi connectivity index (χ4v) is 2.80. The normalized spacial score (nSPS) is 19.8. The van der Waals surface area contributed by atoms with Crippen molar-refractivity contribution in [2.24, 2.45) is 17.8 Å². The summed E-state index contributed by atoms with van der Waals surface area (Å²) in [6.07, 6.45) is -0.114. The summed E-state index contributed by atoms with van der Waals surface area (Å²) in [5.74, 6) is 1.76. The smallest absolute Gasteiger partial charge is 0.410 e. The Bertz CT molecular complexity index is 293. The number of cyclic esters (lactones) is 1. The van der Waals surface area contributed by atoms with Crippen LogP contribution in [0.5, 0.6) is 0 Å². The van der Waals surface area contributed by atoms with Gasteiger partial charge in [-0.3, -0.25) is 4.90 Å². The van der Waals surface area contributed by atoms with Crippen LogP contribution >= 0.6 is 0 Å². The molecular weight excluding hydrogens is 252 g/mol. The first kappa shape index (κ1) is 17.3. The maximum atomic E-state index is 11.8. The van der Waals surface area contributed by atoms with Crippen LogP contribution in [-0.4, -0.2) is 54.7 Å². The van der Waals surface area contributed by atoms with Crippen LogP contribution < -0.4 is 0 Å². The first-order valence-electron chi connectivity index (χ1n) is 7.95. The summed E-state index contributed by atoms with van der Waals surface area (Å²) >= 11 is 0. The van der Waals surface area contributed by atoms with Crippen LogP contribution in [0.25, 0.3) is 0 Å². The van der Waals surface area contributed by atoms with Gasteiger partial charge in [-0.15, -0.1) is 0 Å². The zero-order valence-electron chi connectivity index (χ0n) is 14.1. The Morgan fingerprint density at radius 3 is 2.10 bits per heavy atom. The molecule has 1 atom stereocenters. The maximum absolute atomic E-state index is 11.8. The van der Waals surface area contributed by atoms with Crippen molar-refractivity contribution in [2.75, 3.05) is 32.7 Å². The lowest BCUT2D eigenvalue weighted by Gasteiger charge is -2.27. The van der Waals surface area contributed by atoms with E-state index in [2.05, 4.69) is 46.4 Å². The molecule has 1 aliphatic rings. The van der Waals surface area contributed by atoms with Gasteiger partial charge in [-0.25, -0.2) is 4.79 Å². The molecular formula is C16H32N2O2. The highest BCUT2D eigenvalue weighted by molar-refractivity contribution is 5.69. The summed E-state index contributed by atoms with van der Waals surface area (Å²) in [6, 6.07) is 0. The first-order chi connectivity index (χ1) is 9.27. The predicted octanol–water partition coefficient (Wildman–Crippen LogP) is 3.08. The molecule has 1 aliphatic heterocycles. The second-order valence-electron chi connectivity index (χ2n) is 7.31. The van der Waals surface area contributed by atoms with Gasteiger partial charge in [0.05, 0.1) is 6.54 Å². The fraction of sp³-hybridized carbons (Fsp3) is 0.938. The minimum atomic E-state index is -0.141. The summed E-state index contributed by atoms with van der Waals surface area (Å²) in [4.78, 5) is 16.1.